The molecule has 0 radical (unpaired) electrons. The molecule has 1 rings (SSSR count). The van der Waals surface area contributed by atoms with Gasteiger partial charge in [-0.1, -0.05) is 0 Å². The quantitative estimate of drug-likeness (QED) is 0.561. The molecule has 88 valence electrons. The number of likely N-dealkylation sites (tertiary alicyclic amines) is 1. The van der Waals surface area contributed by atoms with Crippen LogP contribution in [0.1, 0.15) is 32.1 Å². The first-order chi connectivity index (χ1) is 7.65. The standard InChI is InChI=1S/C12H17NO3/c1-2-3-4-5-6-11(14)13-8-7-10(9-13)12(15)16/h1,10H,3-9H2,(H,15,16). The molecule has 0 aliphatic carbocycles. The second-order valence-corrected chi connectivity index (χ2v) is 4.07. The molecule has 1 heterocycles. The summed E-state index contributed by atoms with van der Waals surface area (Å²) in [5.41, 5.74) is 0. The molecule has 1 atom stereocenters. The lowest BCUT2D eigenvalue weighted by atomic mass is 10.1. The van der Waals surface area contributed by atoms with Gasteiger partial charge in [0.2, 0.25) is 5.91 Å². The molecule has 16 heavy (non-hydrogen) atoms. The van der Waals surface area contributed by atoms with Crippen molar-refractivity contribution in [1.29, 1.82) is 0 Å². The minimum atomic E-state index is -0.803. The van der Waals surface area contributed by atoms with E-state index in [9.17, 15) is 9.59 Å². The molecule has 0 aromatic heterocycles. The minimum absolute atomic E-state index is 0.0563. The van der Waals surface area contributed by atoms with Gasteiger partial charge in [0.25, 0.3) is 0 Å². The molecule has 1 amide bonds. The number of hydrogen-bond donors (Lipinski definition) is 1. The average Bonchev–Trinajstić information content (AvgIpc) is 2.73. The van der Waals surface area contributed by atoms with Gasteiger partial charge in [-0.15, -0.1) is 12.3 Å². The Morgan fingerprint density at radius 1 is 1.44 bits per heavy atom. The monoisotopic (exact) mass is 223 g/mol. The Morgan fingerprint density at radius 2 is 2.19 bits per heavy atom. The highest BCUT2D eigenvalue weighted by atomic mass is 16.4. The highest BCUT2D eigenvalue weighted by Gasteiger charge is 2.30. The number of carboxylic acid groups (broad SMARTS) is 1. The van der Waals surface area contributed by atoms with Crippen molar-refractivity contribution in [3.63, 3.8) is 0 Å². The van der Waals surface area contributed by atoms with Gasteiger partial charge in [0.15, 0.2) is 0 Å². The molecule has 4 heteroatoms. The Kier molecular flexibility index (Phi) is 4.84. The van der Waals surface area contributed by atoms with E-state index in [1.807, 2.05) is 0 Å². The molecule has 0 spiro atoms. The van der Waals surface area contributed by atoms with Crippen LogP contribution in [0, 0.1) is 18.3 Å². The predicted octanol–water partition coefficient (Wildman–Crippen LogP) is 1.11. The summed E-state index contributed by atoms with van der Waals surface area (Å²) in [5, 5.41) is 8.80. The van der Waals surface area contributed by atoms with E-state index in [-0.39, 0.29) is 11.8 Å². The van der Waals surface area contributed by atoms with E-state index in [1.165, 1.54) is 0 Å². The Balaban J connectivity index is 2.23. The fraction of sp³-hybridized carbons (Fsp3) is 0.667. The third-order valence-electron chi connectivity index (χ3n) is 2.85. The van der Waals surface area contributed by atoms with Gasteiger partial charge in [0.1, 0.15) is 0 Å². The summed E-state index contributed by atoms with van der Waals surface area (Å²) in [6.07, 6.45) is 8.51. The zero-order valence-corrected chi connectivity index (χ0v) is 9.32. The Morgan fingerprint density at radius 3 is 2.75 bits per heavy atom. The van der Waals surface area contributed by atoms with E-state index in [2.05, 4.69) is 5.92 Å². The molecule has 4 nitrogen and oxygen atoms in total. The van der Waals surface area contributed by atoms with Crippen LogP contribution in [-0.4, -0.2) is 35.0 Å². The SMILES string of the molecule is C#CCCCCC(=O)N1CCC(C(=O)O)C1. The fourth-order valence-electron chi connectivity index (χ4n) is 1.85. The number of rotatable bonds is 5. The van der Waals surface area contributed by atoms with Gasteiger partial charge in [-0.05, 0) is 19.3 Å². The molecule has 0 aromatic carbocycles. The van der Waals surface area contributed by atoms with E-state index in [1.54, 1.807) is 4.90 Å². The second kappa shape index (κ2) is 6.16. The zero-order chi connectivity index (χ0) is 12.0. The van der Waals surface area contributed by atoms with Crippen LogP contribution in [0.2, 0.25) is 0 Å². The Hall–Kier alpha value is -1.50. The molecule has 1 N–H and O–H groups in total. The number of nitrogens with zero attached hydrogens (tertiary/aromatic N) is 1. The highest BCUT2D eigenvalue weighted by Crippen LogP contribution is 2.17. The summed E-state index contributed by atoms with van der Waals surface area (Å²) in [6, 6.07) is 0. The summed E-state index contributed by atoms with van der Waals surface area (Å²) in [4.78, 5) is 24.0. The van der Waals surface area contributed by atoms with Crippen LogP contribution in [0.3, 0.4) is 0 Å². The van der Waals surface area contributed by atoms with E-state index < -0.39 is 5.97 Å². The zero-order valence-electron chi connectivity index (χ0n) is 9.32. The first-order valence-corrected chi connectivity index (χ1v) is 5.59. The van der Waals surface area contributed by atoms with Crippen molar-refractivity contribution in [1.82, 2.24) is 4.90 Å². The van der Waals surface area contributed by atoms with Gasteiger partial charge in [-0.25, -0.2) is 0 Å². The van der Waals surface area contributed by atoms with E-state index >= 15 is 0 Å². The maximum absolute atomic E-state index is 11.7. The molecule has 1 saturated heterocycles. The lowest BCUT2D eigenvalue weighted by Crippen LogP contribution is -2.29. The fourth-order valence-corrected chi connectivity index (χ4v) is 1.85. The van der Waals surface area contributed by atoms with Crippen LogP contribution in [0.25, 0.3) is 0 Å². The summed E-state index contributed by atoms with van der Waals surface area (Å²) >= 11 is 0. The molecule has 1 aliphatic rings. The number of unbranched alkanes of at least 4 members (excludes halogenated alkanes) is 2. The van der Waals surface area contributed by atoms with E-state index in [4.69, 9.17) is 11.5 Å². The van der Waals surface area contributed by atoms with Gasteiger partial charge >= 0.3 is 5.97 Å². The first kappa shape index (κ1) is 12.6. The van der Waals surface area contributed by atoms with Gasteiger partial charge < -0.3 is 10.0 Å². The summed E-state index contributed by atoms with van der Waals surface area (Å²) in [5.74, 6) is 1.40. The number of carbonyl (C=O) groups excluding carboxylic acids is 1. The minimum Gasteiger partial charge on any atom is -0.481 e. The highest BCUT2D eigenvalue weighted by molar-refractivity contribution is 5.78. The van der Waals surface area contributed by atoms with E-state index in [0.29, 0.717) is 32.4 Å². The number of carboxylic acids is 1. The lowest BCUT2D eigenvalue weighted by molar-refractivity contribution is -0.141. The van der Waals surface area contributed by atoms with Crippen LogP contribution >= 0.6 is 0 Å². The predicted molar refractivity (Wildman–Crippen MR) is 59.6 cm³/mol. The topological polar surface area (TPSA) is 57.6 Å². The van der Waals surface area contributed by atoms with Crippen molar-refractivity contribution in [3.05, 3.63) is 0 Å². The maximum Gasteiger partial charge on any atom is 0.308 e. The normalized spacial score (nSPS) is 19.4. The number of aliphatic carboxylic acids is 1. The largest absolute Gasteiger partial charge is 0.481 e. The molecule has 1 fully saturated rings. The smallest absolute Gasteiger partial charge is 0.308 e. The molecule has 0 saturated carbocycles. The van der Waals surface area contributed by atoms with E-state index in [0.717, 1.165) is 12.8 Å². The van der Waals surface area contributed by atoms with Crippen molar-refractivity contribution in [2.75, 3.05) is 13.1 Å². The third kappa shape index (κ3) is 3.58. The van der Waals surface area contributed by atoms with Gasteiger partial charge in [0, 0.05) is 25.9 Å². The van der Waals surface area contributed by atoms with Crippen molar-refractivity contribution in [2.45, 2.75) is 32.1 Å². The Labute approximate surface area is 95.6 Å². The third-order valence-corrected chi connectivity index (χ3v) is 2.85. The summed E-state index contributed by atoms with van der Waals surface area (Å²) in [6.45, 7) is 0.939. The summed E-state index contributed by atoms with van der Waals surface area (Å²) < 4.78 is 0. The van der Waals surface area contributed by atoms with Crippen LogP contribution in [0.4, 0.5) is 0 Å². The molecule has 1 unspecified atom stereocenters. The average molecular weight is 223 g/mol. The van der Waals surface area contributed by atoms with Crippen LogP contribution in [0.5, 0.6) is 0 Å². The van der Waals surface area contributed by atoms with Crippen LogP contribution in [-0.2, 0) is 9.59 Å². The van der Waals surface area contributed by atoms with Crippen molar-refractivity contribution >= 4 is 11.9 Å². The van der Waals surface area contributed by atoms with Gasteiger partial charge in [-0.3, -0.25) is 9.59 Å². The number of terminal acetylenes is 1. The van der Waals surface area contributed by atoms with Gasteiger partial charge in [0.05, 0.1) is 5.92 Å². The molecule has 0 bridgehead atoms. The van der Waals surface area contributed by atoms with Crippen LogP contribution < -0.4 is 0 Å². The molecular formula is C12H17NO3. The van der Waals surface area contributed by atoms with Crippen molar-refractivity contribution in [2.24, 2.45) is 5.92 Å². The Bertz CT molecular complexity index is 306. The number of hydrogen-bond acceptors (Lipinski definition) is 2. The van der Waals surface area contributed by atoms with Gasteiger partial charge in [-0.2, -0.15) is 0 Å². The van der Waals surface area contributed by atoms with Crippen LogP contribution in [0.15, 0.2) is 0 Å². The lowest BCUT2D eigenvalue weighted by Gasteiger charge is -2.15. The summed E-state index contributed by atoms with van der Waals surface area (Å²) in [7, 11) is 0. The van der Waals surface area contributed by atoms with Crippen molar-refractivity contribution in [3.8, 4) is 12.3 Å². The molecule has 0 aromatic rings. The maximum atomic E-state index is 11.7. The number of amides is 1. The van der Waals surface area contributed by atoms with Crippen molar-refractivity contribution < 1.29 is 14.7 Å². The first-order valence-electron chi connectivity index (χ1n) is 5.59. The number of carbonyl (C=O) groups is 2. The molecular weight excluding hydrogens is 206 g/mol. The molecule has 1 aliphatic heterocycles. The second-order valence-electron chi connectivity index (χ2n) is 4.07.